The van der Waals surface area contributed by atoms with Gasteiger partial charge in [0.2, 0.25) is 0 Å². The highest BCUT2D eigenvalue weighted by atomic mass is 19.1. The Balaban J connectivity index is 1.95. The number of nitrogens with one attached hydrogen (secondary N) is 1. The zero-order valence-electron chi connectivity index (χ0n) is 9.88. The molecule has 0 amide bonds. The maximum absolute atomic E-state index is 13.8. The first-order chi connectivity index (χ1) is 8.86. The zero-order chi connectivity index (χ0) is 12.4. The van der Waals surface area contributed by atoms with Crippen molar-refractivity contribution >= 4 is 5.69 Å². The van der Waals surface area contributed by atoms with Crippen molar-refractivity contribution < 1.29 is 4.39 Å². The molecule has 3 nitrogen and oxygen atoms in total. The van der Waals surface area contributed by atoms with Gasteiger partial charge in [0.15, 0.2) is 0 Å². The SMILES string of the molecule is Fc1ccccc1N1NCCC1c1ccncc1. The van der Waals surface area contributed by atoms with Gasteiger partial charge in [-0.1, -0.05) is 12.1 Å². The van der Waals surface area contributed by atoms with E-state index in [9.17, 15) is 4.39 Å². The van der Waals surface area contributed by atoms with E-state index >= 15 is 0 Å². The summed E-state index contributed by atoms with van der Waals surface area (Å²) in [4.78, 5) is 4.02. The fourth-order valence-electron chi connectivity index (χ4n) is 2.36. The number of para-hydroxylation sites is 1. The first-order valence-electron chi connectivity index (χ1n) is 6.03. The molecule has 2 heterocycles. The molecule has 0 bridgehead atoms. The van der Waals surface area contributed by atoms with Crippen molar-refractivity contribution in [1.82, 2.24) is 10.4 Å². The van der Waals surface area contributed by atoms with Crippen molar-refractivity contribution in [3.05, 3.63) is 60.2 Å². The zero-order valence-corrected chi connectivity index (χ0v) is 9.88. The van der Waals surface area contributed by atoms with Gasteiger partial charge in [-0.25, -0.2) is 9.82 Å². The molecular weight excluding hydrogens is 229 g/mol. The normalized spacial score (nSPS) is 19.2. The summed E-state index contributed by atoms with van der Waals surface area (Å²) in [6, 6.07) is 10.9. The second-order valence-corrected chi connectivity index (χ2v) is 4.31. The number of hydrogen-bond donors (Lipinski definition) is 1. The second-order valence-electron chi connectivity index (χ2n) is 4.31. The monoisotopic (exact) mass is 243 g/mol. The third-order valence-electron chi connectivity index (χ3n) is 3.21. The van der Waals surface area contributed by atoms with E-state index in [2.05, 4.69) is 10.4 Å². The number of halogens is 1. The lowest BCUT2D eigenvalue weighted by molar-refractivity contribution is 0.597. The summed E-state index contributed by atoms with van der Waals surface area (Å²) in [7, 11) is 0. The highest BCUT2D eigenvalue weighted by Crippen LogP contribution is 2.32. The number of aromatic nitrogens is 1. The Morgan fingerprint density at radius 1 is 1.17 bits per heavy atom. The lowest BCUT2D eigenvalue weighted by Gasteiger charge is -2.26. The van der Waals surface area contributed by atoms with Gasteiger partial charge in [0.25, 0.3) is 0 Å². The predicted molar refractivity (Wildman–Crippen MR) is 68.5 cm³/mol. The lowest BCUT2D eigenvalue weighted by atomic mass is 10.1. The van der Waals surface area contributed by atoms with Crippen molar-refractivity contribution in [2.45, 2.75) is 12.5 Å². The molecule has 1 atom stereocenters. The Morgan fingerprint density at radius 2 is 1.94 bits per heavy atom. The molecule has 1 unspecified atom stereocenters. The average Bonchev–Trinajstić information content (AvgIpc) is 2.89. The molecule has 0 spiro atoms. The Kier molecular flexibility index (Phi) is 2.94. The Bertz CT molecular complexity index is 530. The summed E-state index contributed by atoms with van der Waals surface area (Å²) in [6.45, 7) is 0.849. The van der Waals surface area contributed by atoms with Crippen LogP contribution in [0.25, 0.3) is 0 Å². The first-order valence-corrected chi connectivity index (χ1v) is 6.03. The molecule has 1 saturated heterocycles. The van der Waals surface area contributed by atoms with E-state index in [1.165, 1.54) is 6.07 Å². The number of benzene rings is 1. The highest BCUT2D eigenvalue weighted by molar-refractivity contribution is 5.49. The number of anilines is 1. The van der Waals surface area contributed by atoms with Crippen LogP contribution in [-0.2, 0) is 0 Å². The molecule has 1 aliphatic rings. The summed E-state index contributed by atoms with van der Waals surface area (Å²) in [6.07, 6.45) is 4.50. The van der Waals surface area contributed by atoms with Crippen LogP contribution in [0.2, 0.25) is 0 Å². The van der Waals surface area contributed by atoms with Crippen molar-refractivity contribution in [3.8, 4) is 0 Å². The fraction of sp³-hybridized carbons (Fsp3) is 0.214. The van der Waals surface area contributed by atoms with Crippen LogP contribution in [-0.4, -0.2) is 11.5 Å². The smallest absolute Gasteiger partial charge is 0.147 e. The minimum atomic E-state index is -0.203. The standard InChI is InChI=1S/C14H14FN3/c15-12-3-1-2-4-14(12)18-13(7-10-17-18)11-5-8-16-9-6-11/h1-6,8-9,13,17H,7,10H2. The van der Waals surface area contributed by atoms with E-state index in [4.69, 9.17) is 0 Å². The van der Waals surface area contributed by atoms with Gasteiger partial charge in [0.1, 0.15) is 5.82 Å². The molecule has 0 radical (unpaired) electrons. The van der Waals surface area contributed by atoms with Gasteiger partial charge in [-0.05, 0) is 36.2 Å². The summed E-state index contributed by atoms with van der Waals surface area (Å²) in [5, 5.41) is 1.91. The van der Waals surface area contributed by atoms with Crippen molar-refractivity contribution in [2.75, 3.05) is 11.6 Å². The van der Waals surface area contributed by atoms with Crippen molar-refractivity contribution in [3.63, 3.8) is 0 Å². The summed E-state index contributed by atoms with van der Waals surface area (Å²) in [5.74, 6) is -0.203. The third kappa shape index (κ3) is 1.95. The molecule has 1 aromatic carbocycles. The Morgan fingerprint density at radius 3 is 2.72 bits per heavy atom. The quantitative estimate of drug-likeness (QED) is 0.879. The number of rotatable bonds is 2. The fourth-order valence-corrected chi connectivity index (χ4v) is 2.36. The minimum absolute atomic E-state index is 0.157. The molecule has 1 fully saturated rings. The second kappa shape index (κ2) is 4.74. The van der Waals surface area contributed by atoms with E-state index in [0.29, 0.717) is 5.69 Å². The van der Waals surface area contributed by atoms with Gasteiger partial charge in [-0.15, -0.1) is 0 Å². The highest BCUT2D eigenvalue weighted by Gasteiger charge is 2.27. The predicted octanol–water partition coefficient (Wildman–Crippen LogP) is 2.68. The van der Waals surface area contributed by atoms with E-state index in [-0.39, 0.29) is 11.9 Å². The average molecular weight is 243 g/mol. The Hall–Kier alpha value is -1.94. The van der Waals surface area contributed by atoms with Crippen molar-refractivity contribution in [1.29, 1.82) is 0 Å². The molecule has 92 valence electrons. The maximum Gasteiger partial charge on any atom is 0.147 e. The van der Waals surface area contributed by atoms with Gasteiger partial charge < -0.3 is 0 Å². The van der Waals surface area contributed by atoms with Gasteiger partial charge in [-0.3, -0.25) is 9.99 Å². The van der Waals surface area contributed by atoms with Crippen molar-refractivity contribution in [2.24, 2.45) is 0 Å². The van der Waals surface area contributed by atoms with Crippen LogP contribution in [0.15, 0.2) is 48.8 Å². The molecule has 0 saturated carbocycles. The van der Waals surface area contributed by atoms with E-state index in [0.717, 1.165) is 18.5 Å². The van der Waals surface area contributed by atoms with Crippen LogP contribution < -0.4 is 10.4 Å². The largest absolute Gasteiger partial charge is 0.298 e. The number of pyridine rings is 1. The molecule has 1 aromatic heterocycles. The molecule has 0 aliphatic carbocycles. The Labute approximate surface area is 105 Å². The molecule has 2 aromatic rings. The van der Waals surface area contributed by atoms with Crippen LogP contribution in [0.3, 0.4) is 0 Å². The number of hydrogen-bond acceptors (Lipinski definition) is 3. The molecule has 1 N–H and O–H groups in total. The summed E-state index contributed by atoms with van der Waals surface area (Å²) in [5.41, 5.74) is 4.98. The van der Waals surface area contributed by atoms with E-state index < -0.39 is 0 Å². The lowest BCUT2D eigenvalue weighted by Crippen LogP contribution is -2.33. The van der Waals surface area contributed by atoms with Crippen LogP contribution in [0.4, 0.5) is 10.1 Å². The van der Waals surface area contributed by atoms with Crippen LogP contribution >= 0.6 is 0 Å². The van der Waals surface area contributed by atoms with Gasteiger partial charge >= 0.3 is 0 Å². The number of hydrazine groups is 1. The van der Waals surface area contributed by atoms with Gasteiger partial charge in [0.05, 0.1) is 11.7 Å². The summed E-state index contributed by atoms with van der Waals surface area (Å²) >= 11 is 0. The molecule has 18 heavy (non-hydrogen) atoms. The molecule has 4 heteroatoms. The summed E-state index contributed by atoms with van der Waals surface area (Å²) < 4.78 is 13.8. The van der Waals surface area contributed by atoms with E-state index in [1.807, 2.05) is 23.2 Å². The van der Waals surface area contributed by atoms with Crippen LogP contribution in [0, 0.1) is 5.82 Å². The minimum Gasteiger partial charge on any atom is -0.298 e. The maximum atomic E-state index is 13.8. The van der Waals surface area contributed by atoms with Crippen LogP contribution in [0.5, 0.6) is 0 Å². The topological polar surface area (TPSA) is 28.2 Å². The first kappa shape index (κ1) is 11.2. The third-order valence-corrected chi connectivity index (χ3v) is 3.21. The molecular formula is C14H14FN3. The molecule has 3 rings (SSSR count). The number of nitrogens with zero attached hydrogens (tertiary/aromatic N) is 2. The van der Waals surface area contributed by atoms with E-state index in [1.54, 1.807) is 24.5 Å². The molecule has 1 aliphatic heterocycles. The van der Waals surface area contributed by atoms with Gasteiger partial charge in [-0.2, -0.15) is 0 Å². The van der Waals surface area contributed by atoms with Crippen LogP contribution in [0.1, 0.15) is 18.0 Å². The van der Waals surface area contributed by atoms with Gasteiger partial charge in [0, 0.05) is 18.9 Å².